The van der Waals surface area contributed by atoms with Gasteiger partial charge in [0.2, 0.25) is 0 Å². The van der Waals surface area contributed by atoms with Crippen LogP contribution in [-0.2, 0) is 9.53 Å². The molecule has 0 bridgehead atoms. The van der Waals surface area contributed by atoms with E-state index >= 15 is 0 Å². The maximum absolute atomic E-state index is 13.5. The van der Waals surface area contributed by atoms with E-state index in [9.17, 15) is 19.1 Å². The molecule has 1 N–H and O–H groups in total. The molecule has 6 heteroatoms. The van der Waals surface area contributed by atoms with E-state index in [4.69, 9.17) is 4.74 Å². The normalized spacial score (nSPS) is 21.6. The number of benzene rings is 1. The molecule has 1 unspecified atom stereocenters. The third-order valence-electron chi connectivity index (χ3n) is 4.01. The zero-order valence-corrected chi connectivity index (χ0v) is 12.1. The van der Waals surface area contributed by atoms with Gasteiger partial charge in [-0.05, 0) is 31.0 Å². The summed E-state index contributed by atoms with van der Waals surface area (Å²) in [5.74, 6) is -1.76. The van der Waals surface area contributed by atoms with E-state index < -0.39 is 17.2 Å². The summed E-state index contributed by atoms with van der Waals surface area (Å²) in [6.07, 6.45) is 0.330. The van der Waals surface area contributed by atoms with Crippen molar-refractivity contribution >= 4 is 11.9 Å². The van der Waals surface area contributed by atoms with Crippen LogP contribution in [0.1, 0.15) is 22.3 Å². The molecule has 1 atom stereocenters. The third kappa shape index (κ3) is 2.76. The molecule has 0 radical (unpaired) electrons. The number of carboxylic acids is 1. The Morgan fingerprint density at radius 3 is 2.81 bits per heavy atom. The highest BCUT2D eigenvalue weighted by molar-refractivity contribution is 5.96. The summed E-state index contributed by atoms with van der Waals surface area (Å²) in [5.41, 5.74) is -0.526. The number of amides is 1. The zero-order valence-electron chi connectivity index (χ0n) is 12.1. The van der Waals surface area contributed by atoms with Crippen LogP contribution in [0.4, 0.5) is 4.39 Å². The highest BCUT2D eigenvalue weighted by Crippen LogP contribution is 2.32. The predicted molar refractivity (Wildman–Crippen MR) is 73.6 cm³/mol. The molecule has 114 valence electrons. The molecule has 1 aliphatic heterocycles. The molecule has 5 nitrogen and oxygen atoms in total. The highest BCUT2D eigenvalue weighted by Gasteiger charge is 2.46. The van der Waals surface area contributed by atoms with Gasteiger partial charge in [0.05, 0.1) is 6.61 Å². The van der Waals surface area contributed by atoms with Crippen molar-refractivity contribution < 1.29 is 23.8 Å². The van der Waals surface area contributed by atoms with Gasteiger partial charge < -0.3 is 14.7 Å². The van der Waals surface area contributed by atoms with E-state index in [-0.39, 0.29) is 30.2 Å². The molecule has 1 aromatic carbocycles. The van der Waals surface area contributed by atoms with E-state index in [1.807, 2.05) is 0 Å². The van der Waals surface area contributed by atoms with Gasteiger partial charge in [-0.15, -0.1) is 0 Å². The lowest BCUT2D eigenvalue weighted by Crippen LogP contribution is -2.40. The van der Waals surface area contributed by atoms with E-state index in [0.29, 0.717) is 13.0 Å². The number of halogens is 1. The molecule has 1 saturated heterocycles. The first-order valence-electron chi connectivity index (χ1n) is 6.68. The molecular formula is C15H18FNO4. The first-order valence-corrected chi connectivity index (χ1v) is 6.68. The summed E-state index contributed by atoms with van der Waals surface area (Å²) in [6.45, 7) is 1.99. The van der Waals surface area contributed by atoms with Gasteiger partial charge in [-0.1, -0.05) is 6.07 Å². The van der Waals surface area contributed by atoms with E-state index in [1.54, 1.807) is 6.07 Å². The summed E-state index contributed by atoms with van der Waals surface area (Å²) in [5, 5.41) is 9.39. The first kappa shape index (κ1) is 15.4. The Hall–Kier alpha value is -1.95. The SMILES string of the molecule is COCC1(C(=O)O)CCN(C(=O)c2cccc(F)c2C)C1. The minimum absolute atomic E-state index is 0.0498. The average Bonchev–Trinajstić information content (AvgIpc) is 2.87. The number of hydrogen-bond acceptors (Lipinski definition) is 3. The monoisotopic (exact) mass is 295 g/mol. The van der Waals surface area contributed by atoms with Crippen molar-refractivity contribution in [1.29, 1.82) is 0 Å². The lowest BCUT2D eigenvalue weighted by Gasteiger charge is -2.24. The largest absolute Gasteiger partial charge is 0.481 e. The van der Waals surface area contributed by atoms with Crippen LogP contribution >= 0.6 is 0 Å². The van der Waals surface area contributed by atoms with Crippen LogP contribution in [0.3, 0.4) is 0 Å². The van der Waals surface area contributed by atoms with Crippen molar-refractivity contribution in [3.05, 3.63) is 35.1 Å². The Bertz CT molecular complexity index is 575. The third-order valence-corrected chi connectivity index (χ3v) is 4.01. The predicted octanol–water partition coefficient (Wildman–Crippen LogP) is 1.70. The van der Waals surface area contributed by atoms with Crippen LogP contribution in [0.5, 0.6) is 0 Å². The molecule has 0 aromatic heterocycles. The maximum Gasteiger partial charge on any atom is 0.313 e. The highest BCUT2D eigenvalue weighted by atomic mass is 19.1. The van der Waals surface area contributed by atoms with Crippen molar-refractivity contribution in [2.75, 3.05) is 26.8 Å². The van der Waals surface area contributed by atoms with Gasteiger partial charge in [-0.2, -0.15) is 0 Å². The fourth-order valence-corrected chi connectivity index (χ4v) is 2.69. The maximum atomic E-state index is 13.5. The second-order valence-electron chi connectivity index (χ2n) is 5.41. The van der Waals surface area contributed by atoms with Crippen molar-refractivity contribution in [2.24, 2.45) is 5.41 Å². The number of carboxylic acid groups (broad SMARTS) is 1. The lowest BCUT2D eigenvalue weighted by molar-refractivity contribution is -0.151. The molecule has 1 heterocycles. The second-order valence-corrected chi connectivity index (χ2v) is 5.41. The van der Waals surface area contributed by atoms with Gasteiger partial charge in [-0.3, -0.25) is 9.59 Å². The molecule has 0 spiro atoms. The van der Waals surface area contributed by atoms with Crippen molar-refractivity contribution in [3.8, 4) is 0 Å². The van der Waals surface area contributed by atoms with Crippen molar-refractivity contribution in [1.82, 2.24) is 4.90 Å². The lowest BCUT2D eigenvalue weighted by atomic mass is 9.88. The van der Waals surface area contributed by atoms with Crippen LogP contribution in [0.15, 0.2) is 18.2 Å². The molecule has 1 fully saturated rings. The van der Waals surface area contributed by atoms with Crippen LogP contribution in [0.25, 0.3) is 0 Å². The Morgan fingerprint density at radius 1 is 1.48 bits per heavy atom. The number of hydrogen-bond donors (Lipinski definition) is 1. The number of nitrogens with zero attached hydrogens (tertiary/aromatic N) is 1. The minimum atomic E-state index is -1.08. The Morgan fingerprint density at radius 2 is 2.19 bits per heavy atom. The quantitative estimate of drug-likeness (QED) is 0.918. The molecular weight excluding hydrogens is 277 g/mol. The molecule has 0 saturated carbocycles. The Kier molecular flexibility index (Phi) is 4.27. The first-order chi connectivity index (χ1) is 9.91. The van der Waals surface area contributed by atoms with E-state index in [1.165, 1.54) is 31.1 Å². The average molecular weight is 295 g/mol. The fourth-order valence-electron chi connectivity index (χ4n) is 2.69. The van der Waals surface area contributed by atoms with Crippen molar-refractivity contribution in [3.63, 3.8) is 0 Å². The molecule has 1 aromatic rings. The molecule has 1 aliphatic rings. The number of carbonyl (C=O) groups is 2. The van der Waals surface area contributed by atoms with E-state index in [0.717, 1.165) is 0 Å². The van der Waals surface area contributed by atoms with Crippen LogP contribution in [0, 0.1) is 18.2 Å². The Balaban J connectivity index is 2.23. The number of likely N-dealkylation sites (tertiary alicyclic amines) is 1. The number of carbonyl (C=O) groups excluding carboxylic acids is 1. The van der Waals surface area contributed by atoms with Gasteiger partial charge >= 0.3 is 5.97 Å². The van der Waals surface area contributed by atoms with Crippen LogP contribution in [-0.4, -0.2) is 48.7 Å². The fraction of sp³-hybridized carbons (Fsp3) is 0.467. The van der Waals surface area contributed by atoms with E-state index in [2.05, 4.69) is 0 Å². The molecule has 21 heavy (non-hydrogen) atoms. The summed E-state index contributed by atoms with van der Waals surface area (Å²) in [4.78, 5) is 25.4. The van der Waals surface area contributed by atoms with Gasteiger partial charge in [-0.25, -0.2) is 4.39 Å². The summed E-state index contributed by atoms with van der Waals surface area (Å²) < 4.78 is 18.5. The van der Waals surface area contributed by atoms with Gasteiger partial charge in [0, 0.05) is 25.8 Å². The minimum Gasteiger partial charge on any atom is -0.481 e. The van der Waals surface area contributed by atoms with Gasteiger partial charge in [0.1, 0.15) is 11.2 Å². The summed E-state index contributed by atoms with van der Waals surface area (Å²) >= 11 is 0. The summed E-state index contributed by atoms with van der Waals surface area (Å²) in [6, 6.07) is 4.33. The van der Waals surface area contributed by atoms with Gasteiger partial charge in [0.25, 0.3) is 5.91 Å². The zero-order chi connectivity index (χ0) is 15.6. The van der Waals surface area contributed by atoms with Crippen LogP contribution in [0.2, 0.25) is 0 Å². The van der Waals surface area contributed by atoms with Crippen LogP contribution < -0.4 is 0 Å². The molecule has 2 rings (SSSR count). The number of methoxy groups -OCH3 is 1. The topological polar surface area (TPSA) is 66.8 Å². The second kappa shape index (κ2) is 5.81. The van der Waals surface area contributed by atoms with Gasteiger partial charge in [0.15, 0.2) is 0 Å². The number of rotatable bonds is 4. The molecule has 1 amide bonds. The Labute approximate surface area is 122 Å². The number of ether oxygens (including phenoxy) is 1. The number of aliphatic carboxylic acids is 1. The molecule has 0 aliphatic carbocycles. The van der Waals surface area contributed by atoms with Crippen molar-refractivity contribution in [2.45, 2.75) is 13.3 Å². The summed E-state index contributed by atoms with van der Waals surface area (Å²) in [7, 11) is 1.44. The smallest absolute Gasteiger partial charge is 0.313 e. The standard InChI is InChI=1S/C15H18FNO4/c1-10-11(4-3-5-12(10)16)13(18)17-7-6-15(8-17,9-21-2)14(19)20/h3-5H,6-9H2,1-2H3,(H,19,20).